The van der Waals surface area contributed by atoms with E-state index in [1.54, 1.807) is 27.7 Å². The first-order chi connectivity index (χ1) is 12.2. The highest BCUT2D eigenvalue weighted by atomic mass is 32.2. The van der Waals surface area contributed by atoms with Gasteiger partial charge in [0.15, 0.2) is 6.35 Å². The van der Waals surface area contributed by atoms with Gasteiger partial charge in [-0.15, -0.1) is 0 Å². The molecule has 0 unspecified atom stereocenters. The van der Waals surface area contributed by atoms with Crippen LogP contribution in [0.3, 0.4) is 0 Å². The molecule has 0 radical (unpaired) electrons. The highest BCUT2D eigenvalue weighted by molar-refractivity contribution is 7.87. The van der Waals surface area contributed by atoms with Gasteiger partial charge in [-0.25, -0.2) is 0 Å². The average Bonchev–Trinajstić information content (AvgIpc) is 2.50. The molecule has 0 aliphatic carbocycles. The van der Waals surface area contributed by atoms with E-state index in [-0.39, 0.29) is 12.0 Å². The molecule has 0 saturated heterocycles. The van der Waals surface area contributed by atoms with Gasteiger partial charge in [-0.2, -0.15) is 21.6 Å². The summed E-state index contributed by atoms with van der Waals surface area (Å²) in [4.78, 5) is -0.986. The van der Waals surface area contributed by atoms with Gasteiger partial charge in [-0.3, -0.25) is 8.75 Å². The number of hydrogen-bond donors (Lipinski definition) is 0. The molecule has 0 amide bonds. The van der Waals surface area contributed by atoms with Crippen LogP contribution in [0.2, 0.25) is 0 Å². The molecule has 0 aliphatic heterocycles. The van der Waals surface area contributed by atoms with Crippen LogP contribution < -0.4 is 0 Å². The lowest BCUT2D eigenvalue weighted by Gasteiger charge is -2.23. The summed E-state index contributed by atoms with van der Waals surface area (Å²) in [6, 6.07) is 3.04. The van der Waals surface area contributed by atoms with Gasteiger partial charge in [-0.1, -0.05) is 19.1 Å². The lowest BCUT2D eigenvalue weighted by Crippen LogP contribution is -2.19. The quantitative estimate of drug-likeness (QED) is 0.405. The van der Waals surface area contributed by atoms with Crippen molar-refractivity contribution in [2.45, 2.75) is 64.3 Å². The number of benzene rings is 1. The van der Waals surface area contributed by atoms with Crippen molar-refractivity contribution in [2.24, 2.45) is 0 Å². The van der Waals surface area contributed by atoms with Gasteiger partial charge in [-0.05, 0) is 45.7 Å². The van der Waals surface area contributed by atoms with Crippen LogP contribution in [0.25, 0.3) is 0 Å². The van der Waals surface area contributed by atoms with Crippen LogP contribution in [0, 0.1) is 0 Å². The molecule has 1 aromatic carbocycles. The zero-order valence-electron chi connectivity index (χ0n) is 15.7. The second-order valence-electron chi connectivity index (χ2n) is 6.27. The largest absolute Gasteiger partial charge is 0.417 e. The summed E-state index contributed by atoms with van der Waals surface area (Å²) in [5, 5.41) is 0. The van der Waals surface area contributed by atoms with Crippen molar-refractivity contribution in [1.82, 2.24) is 0 Å². The number of alkyl halides is 3. The fourth-order valence-corrected chi connectivity index (χ4v) is 5.93. The summed E-state index contributed by atoms with van der Waals surface area (Å²) in [7, 11) is -8.88. The fraction of sp³-hybridized carbons (Fsp3) is 0.625. The summed E-state index contributed by atoms with van der Waals surface area (Å²) in [6.45, 7) is 7.74. The van der Waals surface area contributed by atoms with Crippen LogP contribution in [-0.4, -0.2) is 27.0 Å². The Morgan fingerprint density at radius 2 is 1.59 bits per heavy atom. The van der Waals surface area contributed by atoms with Crippen molar-refractivity contribution in [3.8, 4) is 0 Å². The van der Waals surface area contributed by atoms with Crippen LogP contribution in [0.15, 0.2) is 23.1 Å². The number of aryl methyl sites for hydroxylation is 1. The highest BCUT2D eigenvalue weighted by Gasteiger charge is 2.40. The molecule has 0 heterocycles. The standard InChI is InChI=1S/C16H24F3O6PS/c1-6-13-8-7-9-14(16(17,18)19)15(13)27(21,22)23-10-26(20,24-11(2)3)25-12(4)5/h7-9,11-12H,6,10H2,1-5H3. The summed E-state index contributed by atoms with van der Waals surface area (Å²) in [6.07, 6.45) is -7.04. The van der Waals surface area contributed by atoms with Gasteiger partial charge in [0, 0.05) is 0 Å². The molecule has 0 bridgehead atoms. The average molecular weight is 432 g/mol. The Labute approximate surface area is 157 Å². The van der Waals surface area contributed by atoms with E-state index in [2.05, 4.69) is 0 Å². The third-order valence-corrected chi connectivity index (χ3v) is 6.66. The van der Waals surface area contributed by atoms with E-state index < -0.39 is 52.9 Å². The molecule has 0 N–H and O–H groups in total. The Hall–Kier alpha value is -0.930. The van der Waals surface area contributed by atoms with E-state index in [1.807, 2.05) is 0 Å². The Morgan fingerprint density at radius 3 is 2.00 bits per heavy atom. The normalized spacial score (nSPS) is 13.6. The SMILES string of the molecule is CCc1cccc(C(F)(F)F)c1S(=O)(=O)OCP(=O)(OC(C)C)OC(C)C. The molecular weight excluding hydrogens is 408 g/mol. The van der Waals surface area contributed by atoms with Crippen molar-refractivity contribution in [1.29, 1.82) is 0 Å². The first-order valence-electron chi connectivity index (χ1n) is 8.26. The molecule has 27 heavy (non-hydrogen) atoms. The maximum Gasteiger partial charge on any atom is 0.417 e. The predicted molar refractivity (Wildman–Crippen MR) is 94.0 cm³/mol. The smallest absolute Gasteiger partial charge is 0.304 e. The van der Waals surface area contributed by atoms with Gasteiger partial charge >= 0.3 is 13.8 Å². The molecule has 0 atom stereocenters. The van der Waals surface area contributed by atoms with Crippen LogP contribution in [0.1, 0.15) is 45.7 Å². The van der Waals surface area contributed by atoms with Crippen molar-refractivity contribution in [2.75, 3.05) is 6.35 Å². The van der Waals surface area contributed by atoms with Gasteiger partial charge in [0.05, 0.1) is 17.8 Å². The van der Waals surface area contributed by atoms with E-state index in [0.717, 1.165) is 6.07 Å². The summed E-state index contributed by atoms with van der Waals surface area (Å²) in [5.74, 6) is 0. The maximum atomic E-state index is 13.3. The molecule has 0 aromatic heterocycles. The summed E-state index contributed by atoms with van der Waals surface area (Å²) < 4.78 is 92.7. The molecule has 156 valence electrons. The van der Waals surface area contributed by atoms with Crippen LogP contribution in [-0.2, 0) is 40.5 Å². The highest BCUT2D eigenvalue weighted by Crippen LogP contribution is 2.51. The molecule has 0 aliphatic rings. The van der Waals surface area contributed by atoms with Crippen molar-refractivity contribution in [3.63, 3.8) is 0 Å². The van der Waals surface area contributed by atoms with Gasteiger partial charge in [0.2, 0.25) is 0 Å². The minimum atomic E-state index is -4.90. The molecule has 0 fully saturated rings. The van der Waals surface area contributed by atoms with Crippen molar-refractivity contribution >= 4 is 17.7 Å². The Bertz CT molecular complexity index is 776. The third-order valence-electron chi connectivity index (χ3n) is 3.14. The Kier molecular flexibility index (Phi) is 8.08. The molecule has 1 rings (SSSR count). The maximum absolute atomic E-state index is 13.3. The second kappa shape index (κ2) is 9.05. The number of halogens is 3. The lowest BCUT2D eigenvalue weighted by molar-refractivity contribution is -0.140. The molecular formula is C16H24F3O6PS. The van der Waals surface area contributed by atoms with Crippen LogP contribution in [0.5, 0.6) is 0 Å². The van der Waals surface area contributed by atoms with Crippen LogP contribution >= 0.6 is 7.60 Å². The number of rotatable bonds is 9. The third kappa shape index (κ3) is 6.87. The van der Waals surface area contributed by atoms with Crippen LogP contribution in [0.4, 0.5) is 13.2 Å². The molecule has 6 nitrogen and oxygen atoms in total. The topological polar surface area (TPSA) is 78.9 Å². The van der Waals surface area contributed by atoms with Gasteiger partial charge in [0.1, 0.15) is 4.90 Å². The minimum absolute atomic E-state index is 0.0322. The predicted octanol–water partition coefficient (Wildman–Crippen LogP) is 4.97. The number of hydrogen-bond acceptors (Lipinski definition) is 6. The monoisotopic (exact) mass is 432 g/mol. The zero-order valence-corrected chi connectivity index (χ0v) is 17.5. The van der Waals surface area contributed by atoms with Crippen molar-refractivity contribution < 1.29 is 39.4 Å². The molecule has 0 saturated carbocycles. The first kappa shape index (κ1) is 24.1. The fourth-order valence-electron chi connectivity index (χ4n) is 2.30. The zero-order chi connectivity index (χ0) is 21.0. The molecule has 1 aromatic rings. The minimum Gasteiger partial charge on any atom is -0.304 e. The Morgan fingerprint density at radius 1 is 1.07 bits per heavy atom. The first-order valence-corrected chi connectivity index (χ1v) is 11.4. The molecule has 0 spiro atoms. The van der Waals surface area contributed by atoms with E-state index >= 15 is 0 Å². The molecule has 11 heteroatoms. The van der Waals surface area contributed by atoms with E-state index in [1.165, 1.54) is 13.0 Å². The van der Waals surface area contributed by atoms with Gasteiger partial charge in [0.25, 0.3) is 10.1 Å². The van der Waals surface area contributed by atoms with Crippen molar-refractivity contribution in [3.05, 3.63) is 29.3 Å². The second-order valence-corrected chi connectivity index (χ2v) is 9.72. The summed E-state index contributed by atoms with van der Waals surface area (Å²) in [5.41, 5.74) is -1.40. The van der Waals surface area contributed by atoms with E-state index in [4.69, 9.17) is 13.2 Å². The van der Waals surface area contributed by atoms with E-state index in [0.29, 0.717) is 6.07 Å². The van der Waals surface area contributed by atoms with Gasteiger partial charge < -0.3 is 9.05 Å². The lowest BCUT2D eigenvalue weighted by atomic mass is 10.1. The summed E-state index contributed by atoms with van der Waals surface area (Å²) >= 11 is 0. The Balaban J connectivity index is 3.30. The van der Waals surface area contributed by atoms with E-state index in [9.17, 15) is 26.2 Å².